The molecule has 1 aromatic heterocycles. The second-order valence-electron chi connectivity index (χ2n) is 6.60. The summed E-state index contributed by atoms with van der Waals surface area (Å²) < 4.78 is 7.12. The van der Waals surface area contributed by atoms with E-state index in [0.29, 0.717) is 18.0 Å². The minimum absolute atomic E-state index is 0.00637. The zero-order valence-corrected chi connectivity index (χ0v) is 14.8. The van der Waals surface area contributed by atoms with Gasteiger partial charge in [-0.05, 0) is 30.2 Å². The number of nitrogens with one attached hydrogen (secondary N) is 1. The van der Waals surface area contributed by atoms with Crippen molar-refractivity contribution in [1.29, 1.82) is 0 Å². The van der Waals surface area contributed by atoms with Crippen LogP contribution < -0.4 is 10.2 Å². The van der Waals surface area contributed by atoms with Gasteiger partial charge in [-0.1, -0.05) is 19.1 Å². The van der Waals surface area contributed by atoms with Gasteiger partial charge in [0.15, 0.2) is 0 Å². The van der Waals surface area contributed by atoms with Crippen molar-refractivity contribution in [2.75, 3.05) is 31.2 Å². The average Bonchev–Trinajstić information content (AvgIpc) is 3.15. The van der Waals surface area contributed by atoms with Gasteiger partial charge >= 0.3 is 0 Å². The summed E-state index contributed by atoms with van der Waals surface area (Å²) in [6.07, 6.45) is 3.45. The minimum atomic E-state index is -0.0626. The fourth-order valence-electron chi connectivity index (χ4n) is 2.85. The first kappa shape index (κ1) is 17.4. The summed E-state index contributed by atoms with van der Waals surface area (Å²) in [7, 11) is 0. The maximum Gasteiger partial charge on any atom is 0.251 e. The maximum absolute atomic E-state index is 12.6. The summed E-state index contributed by atoms with van der Waals surface area (Å²) in [6.45, 7) is 8.06. The Morgan fingerprint density at radius 2 is 1.96 bits per heavy atom. The molecule has 2 aromatic rings. The van der Waals surface area contributed by atoms with E-state index in [1.165, 1.54) is 0 Å². The number of nitrogens with zero attached hydrogens (tertiary/aromatic N) is 4. The predicted molar refractivity (Wildman–Crippen MR) is 95.6 cm³/mol. The molecule has 1 atom stereocenters. The number of aromatic nitrogens is 3. The Morgan fingerprint density at radius 3 is 2.56 bits per heavy atom. The molecule has 0 aliphatic carbocycles. The van der Waals surface area contributed by atoms with E-state index in [2.05, 4.69) is 34.4 Å². The van der Waals surface area contributed by atoms with Crippen LogP contribution in [0.25, 0.3) is 0 Å². The summed E-state index contributed by atoms with van der Waals surface area (Å²) in [5.41, 5.74) is 1.80. The standard InChI is InChI=1S/C18H25N5O2/c1-14(2)17(13-23-8-7-19-21-23)20-18(24)15-3-5-16(6-4-15)22-9-11-25-12-10-22/h3-8,14,17H,9-13H2,1-2H3,(H,20,24). The highest BCUT2D eigenvalue weighted by Crippen LogP contribution is 2.17. The van der Waals surface area contributed by atoms with Gasteiger partial charge in [0.25, 0.3) is 5.91 Å². The number of hydrogen-bond acceptors (Lipinski definition) is 5. The summed E-state index contributed by atoms with van der Waals surface area (Å²) in [4.78, 5) is 14.9. The Kier molecular flexibility index (Phi) is 5.65. The largest absolute Gasteiger partial charge is 0.378 e. The Morgan fingerprint density at radius 1 is 1.24 bits per heavy atom. The number of anilines is 1. The molecule has 1 aliphatic rings. The van der Waals surface area contributed by atoms with Gasteiger partial charge in [0.2, 0.25) is 0 Å². The Hall–Kier alpha value is -2.41. The number of ether oxygens (including phenoxy) is 1. The molecule has 134 valence electrons. The van der Waals surface area contributed by atoms with Gasteiger partial charge in [-0.3, -0.25) is 9.48 Å². The van der Waals surface area contributed by atoms with Crippen LogP contribution in [0.2, 0.25) is 0 Å². The van der Waals surface area contributed by atoms with Gasteiger partial charge in [0, 0.05) is 30.5 Å². The molecule has 7 nitrogen and oxygen atoms in total. The number of carbonyl (C=O) groups excluding carboxylic acids is 1. The van der Waals surface area contributed by atoms with Crippen molar-refractivity contribution < 1.29 is 9.53 Å². The highest BCUT2D eigenvalue weighted by atomic mass is 16.5. The number of benzene rings is 1. The smallest absolute Gasteiger partial charge is 0.251 e. The van der Waals surface area contributed by atoms with Crippen LogP contribution in [0.15, 0.2) is 36.7 Å². The third-order valence-electron chi connectivity index (χ3n) is 4.48. The van der Waals surface area contributed by atoms with E-state index in [1.807, 2.05) is 24.3 Å². The lowest BCUT2D eigenvalue weighted by molar-refractivity contribution is 0.0919. The summed E-state index contributed by atoms with van der Waals surface area (Å²) in [6, 6.07) is 7.76. The zero-order chi connectivity index (χ0) is 17.6. The van der Waals surface area contributed by atoms with Crippen LogP contribution in [-0.4, -0.2) is 53.2 Å². The molecule has 1 aromatic carbocycles. The molecule has 1 aliphatic heterocycles. The van der Waals surface area contributed by atoms with Crippen LogP contribution in [0.1, 0.15) is 24.2 Å². The quantitative estimate of drug-likeness (QED) is 0.862. The monoisotopic (exact) mass is 343 g/mol. The highest BCUT2D eigenvalue weighted by Gasteiger charge is 2.19. The molecule has 0 spiro atoms. The van der Waals surface area contributed by atoms with Crippen LogP contribution in [-0.2, 0) is 11.3 Å². The minimum Gasteiger partial charge on any atom is -0.378 e. The molecule has 0 bridgehead atoms. The topological polar surface area (TPSA) is 72.3 Å². The second kappa shape index (κ2) is 8.11. The van der Waals surface area contributed by atoms with Crippen LogP contribution in [0, 0.1) is 5.92 Å². The normalized spacial score (nSPS) is 16.0. The third-order valence-corrected chi connectivity index (χ3v) is 4.48. The summed E-state index contributed by atoms with van der Waals surface area (Å²) in [5.74, 6) is 0.230. The van der Waals surface area contributed by atoms with E-state index in [-0.39, 0.29) is 11.9 Å². The van der Waals surface area contributed by atoms with Crippen LogP contribution in [0.4, 0.5) is 5.69 Å². The second-order valence-corrected chi connectivity index (χ2v) is 6.60. The number of hydrogen-bond donors (Lipinski definition) is 1. The molecule has 0 saturated carbocycles. The molecular formula is C18H25N5O2. The average molecular weight is 343 g/mol. The number of amides is 1. The Bertz CT molecular complexity index is 663. The Balaban J connectivity index is 1.62. The lowest BCUT2D eigenvalue weighted by Gasteiger charge is -2.29. The van der Waals surface area contributed by atoms with Gasteiger partial charge in [0.1, 0.15) is 0 Å². The molecule has 1 unspecified atom stereocenters. The molecular weight excluding hydrogens is 318 g/mol. The lowest BCUT2D eigenvalue weighted by Crippen LogP contribution is -2.41. The van der Waals surface area contributed by atoms with Crippen LogP contribution >= 0.6 is 0 Å². The fraction of sp³-hybridized carbons (Fsp3) is 0.500. The molecule has 1 N–H and O–H groups in total. The molecule has 1 fully saturated rings. The van der Waals surface area contributed by atoms with Gasteiger partial charge in [-0.15, -0.1) is 5.10 Å². The van der Waals surface area contributed by atoms with Crippen molar-refractivity contribution in [3.8, 4) is 0 Å². The van der Waals surface area contributed by atoms with Crippen molar-refractivity contribution in [2.45, 2.75) is 26.4 Å². The molecule has 25 heavy (non-hydrogen) atoms. The molecule has 1 amide bonds. The number of rotatable bonds is 6. The van der Waals surface area contributed by atoms with E-state index in [4.69, 9.17) is 4.74 Å². The number of morpholine rings is 1. The molecule has 0 radical (unpaired) electrons. The van der Waals surface area contributed by atoms with Crippen molar-refractivity contribution >= 4 is 11.6 Å². The fourth-order valence-corrected chi connectivity index (χ4v) is 2.85. The number of carbonyl (C=O) groups is 1. The summed E-state index contributed by atoms with van der Waals surface area (Å²) >= 11 is 0. The lowest BCUT2D eigenvalue weighted by atomic mass is 10.0. The zero-order valence-electron chi connectivity index (χ0n) is 14.8. The van der Waals surface area contributed by atoms with Gasteiger partial charge in [-0.2, -0.15) is 0 Å². The van der Waals surface area contributed by atoms with Crippen molar-refractivity contribution in [3.05, 3.63) is 42.2 Å². The van der Waals surface area contributed by atoms with E-state index >= 15 is 0 Å². The highest BCUT2D eigenvalue weighted by molar-refractivity contribution is 5.94. The van der Waals surface area contributed by atoms with Crippen LogP contribution in [0.5, 0.6) is 0 Å². The van der Waals surface area contributed by atoms with Crippen LogP contribution in [0.3, 0.4) is 0 Å². The molecule has 2 heterocycles. The van der Waals surface area contributed by atoms with E-state index in [1.54, 1.807) is 17.1 Å². The van der Waals surface area contributed by atoms with Crippen molar-refractivity contribution in [1.82, 2.24) is 20.3 Å². The van der Waals surface area contributed by atoms with Crippen molar-refractivity contribution in [3.63, 3.8) is 0 Å². The maximum atomic E-state index is 12.6. The first-order valence-corrected chi connectivity index (χ1v) is 8.71. The summed E-state index contributed by atoms with van der Waals surface area (Å²) in [5, 5.41) is 10.9. The van der Waals surface area contributed by atoms with E-state index in [0.717, 1.165) is 32.0 Å². The first-order valence-electron chi connectivity index (χ1n) is 8.71. The van der Waals surface area contributed by atoms with Gasteiger partial charge < -0.3 is 15.0 Å². The predicted octanol–water partition coefficient (Wildman–Crippen LogP) is 1.57. The van der Waals surface area contributed by atoms with Crippen molar-refractivity contribution in [2.24, 2.45) is 5.92 Å². The van der Waals surface area contributed by atoms with E-state index < -0.39 is 0 Å². The third kappa shape index (κ3) is 4.57. The van der Waals surface area contributed by atoms with Gasteiger partial charge in [0.05, 0.1) is 32.0 Å². The SMILES string of the molecule is CC(C)C(Cn1ccnn1)NC(=O)c1ccc(N2CCOCC2)cc1. The van der Waals surface area contributed by atoms with E-state index in [9.17, 15) is 4.79 Å². The first-order chi connectivity index (χ1) is 12.1. The molecule has 1 saturated heterocycles. The molecule has 3 rings (SSSR count). The van der Waals surface area contributed by atoms with Gasteiger partial charge in [-0.25, -0.2) is 0 Å². The molecule has 7 heteroatoms. The Labute approximate surface area is 148 Å².